The largest absolute Gasteiger partial charge is 0.325 e. The standard InChI is InChI=1S/C21H27N3O3S2/c1-17-5-3-6-18(13-17)15-28-16-21(25)22-19-7-4-8-20(14-19)29(26,27)24-11-9-23(2)10-12-24/h3-8,13-14H,9-12,15-16H2,1-2H3,(H,22,25). The number of piperazine rings is 1. The van der Waals surface area contributed by atoms with E-state index in [9.17, 15) is 13.2 Å². The third-order valence-electron chi connectivity index (χ3n) is 4.80. The van der Waals surface area contributed by atoms with E-state index in [1.54, 1.807) is 18.2 Å². The number of sulfonamides is 1. The van der Waals surface area contributed by atoms with Crippen LogP contribution in [0.3, 0.4) is 0 Å². The lowest BCUT2D eigenvalue weighted by molar-refractivity contribution is -0.113. The molecule has 1 heterocycles. The molecule has 1 fully saturated rings. The molecule has 8 heteroatoms. The number of carbonyl (C=O) groups is 1. The second kappa shape index (κ2) is 9.75. The average Bonchev–Trinajstić information content (AvgIpc) is 2.68. The Kier molecular flexibility index (Phi) is 7.34. The van der Waals surface area contributed by atoms with Gasteiger partial charge >= 0.3 is 0 Å². The minimum atomic E-state index is -3.55. The minimum Gasteiger partial charge on any atom is -0.325 e. The Hall–Kier alpha value is -1.87. The van der Waals surface area contributed by atoms with Gasteiger partial charge in [-0.3, -0.25) is 4.79 Å². The molecule has 0 saturated carbocycles. The number of nitrogens with one attached hydrogen (secondary N) is 1. The van der Waals surface area contributed by atoms with E-state index in [0.29, 0.717) is 37.6 Å². The number of hydrogen-bond donors (Lipinski definition) is 1. The number of amides is 1. The number of nitrogens with zero attached hydrogens (tertiary/aromatic N) is 2. The van der Waals surface area contributed by atoms with E-state index in [1.807, 2.05) is 32.2 Å². The summed E-state index contributed by atoms with van der Waals surface area (Å²) >= 11 is 1.53. The number of hydrogen-bond acceptors (Lipinski definition) is 5. The van der Waals surface area contributed by atoms with Crippen molar-refractivity contribution in [3.8, 4) is 0 Å². The summed E-state index contributed by atoms with van der Waals surface area (Å²) in [7, 11) is -1.57. The van der Waals surface area contributed by atoms with Crippen LogP contribution in [0.5, 0.6) is 0 Å². The van der Waals surface area contributed by atoms with E-state index in [0.717, 1.165) is 5.75 Å². The van der Waals surface area contributed by atoms with Gasteiger partial charge in [-0.25, -0.2) is 8.42 Å². The summed E-state index contributed by atoms with van der Waals surface area (Å²) in [5, 5.41) is 2.81. The third-order valence-corrected chi connectivity index (χ3v) is 7.70. The van der Waals surface area contributed by atoms with E-state index in [2.05, 4.69) is 16.3 Å². The van der Waals surface area contributed by atoms with E-state index < -0.39 is 10.0 Å². The van der Waals surface area contributed by atoms with Gasteiger partial charge in [-0.15, -0.1) is 11.8 Å². The summed E-state index contributed by atoms with van der Waals surface area (Å²) in [6, 6.07) is 14.7. The van der Waals surface area contributed by atoms with Gasteiger partial charge in [-0.2, -0.15) is 4.31 Å². The lowest BCUT2D eigenvalue weighted by Gasteiger charge is -2.31. The van der Waals surface area contributed by atoms with Crippen LogP contribution in [-0.4, -0.2) is 62.5 Å². The molecule has 1 saturated heterocycles. The molecule has 0 aliphatic carbocycles. The quantitative estimate of drug-likeness (QED) is 0.727. The van der Waals surface area contributed by atoms with Crippen LogP contribution < -0.4 is 5.32 Å². The van der Waals surface area contributed by atoms with E-state index in [1.165, 1.54) is 33.3 Å². The van der Waals surface area contributed by atoms with Crippen molar-refractivity contribution < 1.29 is 13.2 Å². The first-order valence-corrected chi connectivity index (χ1v) is 12.2. The van der Waals surface area contributed by atoms with Gasteiger partial charge in [-0.05, 0) is 37.7 Å². The predicted octanol–water partition coefficient (Wildman–Crippen LogP) is 2.80. The van der Waals surface area contributed by atoms with Crippen molar-refractivity contribution in [1.29, 1.82) is 0 Å². The number of anilines is 1. The Morgan fingerprint density at radius 1 is 1.07 bits per heavy atom. The van der Waals surface area contributed by atoms with Gasteiger partial charge < -0.3 is 10.2 Å². The number of rotatable bonds is 7. The zero-order valence-corrected chi connectivity index (χ0v) is 18.4. The van der Waals surface area contributed by atoms with Crippen LogP contribution in [0.15, 0.2) is 53.4 Å². The minimum absolute atomic E-state index is 0.142. The van der Waals surface area contributed by atoms with E-state index >= 15 is 0 Å². The second-order valence-corrected chi connectivity index (χ2v) is 10.2. The Morgan fingerprint density at radius 3 is 2.52 bits per heavy atom. The molecule has 29 heavy (non-hydrogen) atoms. The predicted molar refractivity (Wildman–Crippen MR) is 119 cm³/mol. The first-order chi connectivity index (χ1) is 13.8. The summed E-state index contributed by atoms with van der Waals surface area (Å²) in [5.74, 6) is 0.924. The molecule has 0 radical (unpaired) electrons. The molecular formula is C21H27N3O3S2. The van der Waals surface area contributed by atoms with Crippen LogP contribution in [0.4, 0.5) is 5.69 Å². The lowest BCUT2D eigenvalue weighted by atomic mass is 10.2. The van der Waals surface area contributed by atoms with Crippen molar-refractivity contribution in [2.75, 3.05) is 44.3 Å². The fourth-order valence-electron chi connectivity index (χ4n) is 3.17. The Morgan fingerprint density at radius 2 is 1.79 bits per heavy atom. The molecule has 2 aromatic rings. The van der Waals surface area contributed by atoms with Crippen molar-refractivity contribution in [2.45, 2.75) is 17.6 Å². The van der Waals surface area contributed by atoms with Crippen LogP contribution in [0.2, 0.25) is 0 Å². The van der Waals surface area contributed by atoms with E-state index in [-0.39, 0.29) is 10.8 Å². The Labute approximate surface area is 177 Å². The highest BCUT2D eigenvalue weighted by molar-refractivity contribution is 7.99. The Bertz CT molecular complexity index is 955. The van der Waals surface area contributed by atoms with Crippen LogP contribution in [0.25, 0.3) is 0 Å². The summed E-state index contributed by atoms with van der Waals surface area (Å²) in [6.45, 7) is 4.43. The molecule has 6 nitrogen and oxygen atoms in total. The zero-order chi connectivity index (χ0) is 20.9. The molecule has 0 atom stereocenters. The SMILES string of the molecule is Cc1cccc(CSCC(=O)Nc2cccc(S(=O)(=O)N3CCN(C)CC3)c2)c1. The maximum Gasteiger partial charge on any atom is 0.243 e. The molecule has 1 amide bonds. The number of likely N-dealkylation sites (N-methyl/N-ethyl adjacent to an activating group) is 1. The number of aryl methyl sites for hydroxylation is 1. The fourth-order valence-corrected chi connectivity index (χ4v) is 5.42. The zero-order valence-electron chi connectivity index (χ0n) is 16.8. The number of thioether (sulfide) groups is 1. The molecule has 1 aliphatic rings. The second-order valence-electron chi connectivity index (χ2n) is 7.27. The van der Waals surface area contributed by atoms with Crippen molar-refractivity contribution in [3.63, 3.8) is 0 Å². The molecule has 1 aliphatic heterocycles. The molecule has 156 valence electrons. The summed E-state index contributed by atoms with van der Waals surface area (Å²) in [6.07, 6.45) is 0. The van der Waals surface area contributed by atoms with Crippen LogP contribution in [0.1, 0.15) is 11.1 Å². The molecule has 0 spiro atoms. The normalized spacial score (nSPS) is 15.9. The molecule has 0 aromatic heterocycles. The highest BCUT2D eigenvalue weighted by Crippen LogP contribution is 2.21. The molecular weight excluding hydrogens is 406 g/mol. The highest BCUT2D eigenvalue weighted by atomic mass is 32.2. The van der Waals surface area contributed by atoms with Gasteiger partial charge in [0.25, 0.3) is 0 Å². The Balaban J connectivity index is 1.57. The topological polar surface area (TPSA) is 69.7 Å². The van der Waals surface area contributed by atoms with Gasteiger partial charge in [0, 0.05) is 37.6 Å². The molecule has 0 unspecified atom stereocenters. The monoisotopic (exact) mass is 433 g/mol. The van der Waals surface area contributed by atoms with Gasteiger partial charge in [-0.1, -0.05) is 35.9 Å². The highest BCUT2D eigenvalue weighted by Gasteiger charge is 2.27. The first kappa shape index (κ1) is 21.8. The van der Waals surface area contributed by atoms with Gasteiger partial charge in [0.05, 0.1) is 10.6 Å². The van der Waals surface area contributed by atoms with Crippen LogP contribution >= 0.6 is 11.8 Å². The molecule has 0 bridgehead atoms. The summed E-state index contributed by atoms with van der Waals surface area (Å²) in [5.41, 5.74) is 2.88. The molecule has 1 N–H and O–H groups in total. The number of benzene rings is 2. The molecule has 3 rings (SSSR count). The average molecular weight is 434 g/mol. The smallest absolute Gasteiger partial charge is 0.243 e. The van der Waals surface area contributed by atoms with Crippen molar-refractivity contribution in [3.05, 3.63) is 59.7 Å². The fraction of sp³-hybridized carbons (Fsp3) is 0.381. The third kappa shape index (κ3) is 6.05. The van der Waals surface area contributed by atoms with Crippen molar-refractivity contribution in [1.82, 2.24) is 9.21 Å². The number of carbonyl (C=O) groups excluding carboxylic acids is 1. The van der Waals surface area contributed by atoms with Crippen molar-refractivity contribution in [2.24, 2.45) is 0 Å². The van der Waals surface area contributed by atoms with Crippen molar-refractivity contribution >= 4 is 33.4 Å². The first-order valence-electron chi connectivity index (χ1n) is 9.56. The van der Waals surface area contributed by atoms with E-state index in [4.69, 9.17) is 0 Å². The van der Waals surface area contributed by atoms with Gasteiger partial charge in [0.2, 0.25) is 15.9 Å². The maximum absolute atomic E-state index is 12.9. The van der Waals surface area contributed by atoms with Crippen LogP contribution in [-0.2, 0) is 20.6 Å². The summed E-state index contributed by atoms with van der Waals surface area (Å²) < 4.78 is 27.3. The lowest BCUT2D eigenvalue weighted by Crippen LogP contribution is -2.47. The maximum atomic E-state index is 12.9. The molecule has 2 aromatic carbocycles. The summed E-state index contributed by atoms with van der Waals surface area (Å²) in [4.78, 5) is 14.6. The van der Waals surface area contributed by atoms with Crippen LogP contribution in [0, 0.1) is 6.92 Å². The van der Waals surface area contributed by atoms with Gasteiger partial charge in [0.1, 0.15) is 0 Å². The van der Waals surface area contributed by atoms with Gasteiger partial charge in [0.15, 0.2) is 0 Å².